The van der Waals surface area contributed by atoms with E-state index in [-0.39, 0.29) is 40.7 Å². The minimum Gasteiger partial charge on any atom is -0.493 e. The molecule has 5 heterocycles. The van der Waals surface area contributed by atoms with Crippen LogP contribution in [-0.2, 0) is 19.7 Å². The van der Waals surface area contributed by atoms with E-state index in [9.17, 15) is 14.4 Å². The lowest BCUT2D eigenvalue weighted by Crippen LogP contribution is -2.69. The summed E-state index contributed by atoms with van der Waals surface area (Å²) in [6, 6.07) is 11.0. The van der Waals surface area contributed by atoms with Crippen LogP contribution in [0.2, 0.25) is 0 Å². The molecule has 0 radical (unpaired) electrons. The van der Waals surface area contributed by atoms with Gasteiger partial charge in [0.2, 0.25) is 5.91 Å². The summed E-state index contributed by atoms with van der Waals surface area (Å²) in [4.78, 5) is 41.3. The van der Waals surface area contributed by atoms with Crippen LogP contribution in [0.3, 0.4) is 0 Å². The van der Waals surface area contributed by atoms with Gasteiger partial charge in [-0.2, -0.15) is 0 Å². The molecule has 2 aromatic rings. The Morgan fingerprint density at radius 3 is 2.57 bits per heavy atom. The maximum absolute atomic E-state index is 13.5. The molecule has 5 aliphatic heterocycles. The van der Waals surface area contributed by atoms with Gasteiger partial charge in [-0.15, -0.1) is 0 Å². The molecule has 1 spiro atoms. The van der Waals surface area contributed by atoms with Crippen LogP contribution in [0.5, 0.6) is 11.5 Å². The minimum absolute atomic E-state index is 0.0179. The number of carbonyl (C=O) groups is 3. The van der Waals surface area contributed by atoms with Gasteiger partial charge in [0, 0.05) is 30.0 Å². The molecule has 6 aliphatic rings. The van der Waals surface area contributed by atoms with Crippen molar-refractivity contribution in [3.63, 3.8) is 0 Å². The van der Waals surface area contributed by atoms with E-state index in [1.54, 1.807) is 31.9 Å². The topological polar surface area (TPSA) is 115 Å². The van der Waals surface area contributed by atoms with E-state index >= 15 is 0 Å². The lowest BCUT2D eigenvalue weighted by Gasteiger charge is -2.58. The Balaban J connectivity index is 0.000000168. The lowest BCUT2D eigenvalue weighted by atomic mass is 9.53. The molecule has 2 bridgehead atoms. The number of esters is 1. The van der Waals surface area contributed by atoms with Gasteiger partial charge in [-0.05, 0) is 68.8 Å². The first-order valence-electron chi connectivity index (χ1n) is 17.9. The fraction of sp³-hybridized carbons (Fsp3) is 0.564. The van der Waals surface area contributed by atoms with Crippen molar-refractivity contribution in [2.24, 2.45) is 11.8 Å². The molecule has 1 N–H and O–H groups in total. The number of hydrogen-bond donors (Lipinski definition) is 1. The van der Waals surface area contributed by atoms with Crippen molar-refractivity contribution >= 4 is 23.5 Å². The Morgan fingerprint density at radius 1 is 1.08 bits per heavy atom. The Bertz CT molecular complexity index is 1660. The number of rotatable bonds is 10. The fourth-order valence-electron chi connectivity index (χ4n) is 9.88. The number of nitrogens with zero attached hydrogens (tertiary/aromatic N) is 2. The Labute approximate surface area is 288 Å². The molecule has 10 nitrogen and oxygen atoms in total. The maximum atomic E-state index is 13.5. The van der Waals surface area contributed by atoms with Crippen LogP contribution in [0.4, 0.5) is 5.69 Å². The second-order valence-electron chi connectivity index (χ2n) is 14.4. The summed E-state index contributed by atoms with van der Waals surface area (Å²) in [6.45, 7) is 6.79. The number of amides is 1. The molecule has 3 saturated heterocycles. The maximum Gasteiger partial charge on any atom is 0.339 e. The smallest absolute Gasteiger partial charge is 0.339 e. The molecule has 8 rings (SSSR count). The number of unbranched alkanes of at least 4 members (excludes halogenated alkanes) is 3. The van der Waals surface area contributed by atoms with Crippen molar-refractivity contribution in [2.75, 3.05) is 38.8 Å². The number of benzene rings is 2. The highest BCUT2D eigenvalue weighted by atomic mass is 16.5. The van der Waals surface area contributed by atoms with Crippen LogP contribution in [0.15, 0.2) is 48.0 Å². The van der Waals surface area contributed by atoms with Crippen molar-refractivity contribution < 1.29 is 38.4 Å². The molecule has 2 aromatic carbocycles. The molecule has 49 heavy (non-hydrogen) atoms. The van der Waals surface area contributed by atoms with Crippen LogP contribution < -0.4 is 14.4 Å². The third-order valence-electron chi connectivity index (χ3n) is 12.0. The SMILES string of the molecule is CCCCCC[C@H](C)OC(=O)c1ccccc1C(=O)O.COc1cc2c(cc1OC)[C@@]13CCN4CC5=CCO[C@H]6CC(=O)N2[C@H]1[C@H]6[C@H]5C[C@H]43. The molecular weight excluding hydrogens is 624 g/mol. The number of piperidine rings is 2. The van der Waals surface area contributed by atoms with Crippen LogP contribution in [0, 0.1) is 11.8 Å². The van der Waals surface area contributed by atoms with Gasteiger partial charge in [0.15, 0.2) is 11.5 Å². The van der Waals surface area contributed by atoms with E-state index in [0.29, 0.717) is 36.7 Å². The second kappa shape index (κ2) is 13.4. The van der Waals surface area contributed by atoms with E-state index in [4.69, 9.17) is 24.1 Å². The Kier molecular flexibility index (Phi) is 9.21. The van der Waals surface area contributed by atoms with E-state index in [1.165, 1.54) is 37.0 Å². The summed E-state index contributed by atoms with van der Waals surface area (Å²) in [6.07, 6.45) is 10.2. The van der Waals surface area contributed by atoms with Gasteiger partial charge >= 0.3 is 11.9 Å². The van der Waals surface area contributed by atoms with Gasteiger partial charge in [-0.3, -0.25) is 9.69 Å². The summed E-state index contributed by atoms with van der Waals surface area (Å²) in [5.74, 6) is 0.893. The summed E-state index contributed by atoms with van der Waals surface area (Å²) >= 11 is 0. The van der Waals surface area contributed by atoms with Crippen LogP contribution in [0.25, 0.3) is 0 Å². The number of ether oxygens (including phenoxy) is 4. The van der Waals surface area contributed by atoms with Crippen molar-refractivity contribution in [2.45, 2.75) is 94.9 Å². The standard InChI is InChI=1S/C23H26N2O4.C16H22O4/c1-27-16-8-14-15(9-17(16)28-2)25-20(26)10-18-21-13-7-19-23(14,22(21)25)4-5-24(19)11-12(13)3-6-29-18;1-3-4-5-6-9-12(2)20-16(19)14-11-8-7-10-13(14)15(17)18/h3,8-9,13,18-19,21-22H,4-7,10-11H2,1-2H3;7-8,10-12H,3-6,9H2,1-2H3,(H,17,18)/t13-,18-,19-,21-,22-,23+;12-/m00/s1. The molecule has 7 atom stereocenters. The number of hydrogen-bond acceptors (Lipinski definition) is 8. The fourth-order valence-corrected chi connectivity index (χ4v) is 9.88. The molecule has 262 valence electrons. The van der Waals surface area contributed by atoms with Gasteiger partial charge in [0.1, 0.15) is 0 Å². The zero-order valence-electron chi connectivity index (χ0n) is 29.0. The van der Waals surface area contributed by atoms with Crippen molar-refractivity contribution in [1.82, 2.24) is 4.90 Å². The monoisotopic (exact) mass is 672 g/mol. The minimum atomic E-state index is -1.12. The molecule has 1 amide bonds. The molecule has 0 aromatic heterocycles. The van der Waals surface area contributed by atoms with Crippen LogP contribution in [0.1, 0.15) is 91.5 Å². The number of fused-ring (bicyclic) bond motifs is 2. The van der Waals surface area contributed by atoms with Crippen molar-refractivity contribution in [3.8, 4) is 11.5 Å². The molecule has 4 fully saturated rings. The first-order chi connectivity index (χ1) is 23.7. The van der Waals surface area contributed by atoms with E-state index < -0.39 is 11.9 Å². The van der Waals surface area contributed by atoms with Gasteiger partial charge in [0.25, 0.3) is 0 Å². The van der Waals surface area contributed by atoms with Crippen molar-refractivity contribution in [3.05, 3.63) is 64.7 Å². The number of methoxy groups -OCH3 is 2. The van der Waals surface area contributed by atoms with Crippen molar-refractivity contribution in [1.29, 1.82) is 0 Å². The predicted octanol–water partition coefficient (Wildman–Crippen LogP) is 6.01. The summed E-state index contributed by atoms with van der Waals surface area (Å²) < 4.78 is 22.9. The molecule has 1 saturated carbocycles. The normalized spacial score (nSPS) is 29.1. The quantitative estimate of drug-likeness (QED) is 0.184. The molecule has 10 heteroatoms. The van der Waals surface area contributed by atoms with Crippen LogP contribution >= 0.6 is 0 Å². The zero-order chi connectivity index (χ0) is 34.4. The third-order valence-corrected chi connectivity index (χ3v) is 12.0. The highest BCUT2D eigenvalue weighted by molar-refractivity contribution is 6.02. The largest absolute Gasteiger partial charge is 0.493 e. The second-order valence-corrected chi connectivity index (χ2v) is 14.4. The average Bonchev–Trinajstić information content (AvgIpc) is 3.57. The van der Waals surface area contributed by atoms with E-state index in [1.807, 2.05) is 13.0 Å². The summed E-state index contributed by atoms with van der Waals surface area (Å²) in [5, 5.41) is 9.04. The molecular formula is C39H48N2O8. The molecule has 1 aliphatic carbocycles. The number of carboxylic acids is 1. The van der Waals surface area contributed by atoms with E-state index in [0.717, 1.165) is 50.2 Å². The lowest BCUT2D eigenvalue weighted by molar-refractivity contribution is -0.132. The Morgan fingerprint density at radius 2 is 1.84 bits per heavy atom. The third kappa shape index (κ3) is 5.51. The number of aromatic carboxylic acids is 1. The van der Waals surface area contributed by atoms with Gasteiger partial charge in [-0.25, -0.2) is 9.59 Å². The highest BCUT2D eigenvalue weighted by Gasteiger charge is 2.71. The van der Waals surface area contributed by atoms with Crippen LogP contribution in [-0.4, -0.2) is 86.1 Å². The first kappa shape index (κ1) is 33.6. The highest BCUT2D eigenvalue weighted by Crippen LogP contribution is 2.66. The predicted molar refractivity (Wildman–Crippen MR) is 184 cm³/mol. The summed E-state index contributed by atoms with van der Waals surface area (Å²) in [5.41, 5.74) is 3.95. The van der Waals surface area contributed by atoms with Gasteiger partial charge in [-0.1, -0.05) is 50.0 Å². The average molecular weight is 673 g/mol. The van der Waals surface area contributed by atoms with E-state index in [2.05, 4.69) is 28.9 Å². The van der Waals surface area contributed by atoms with Gasteiger partial charge in [0.05, 0.1) is 62.3 Å². The van der Waals surface area contributed by atoms with Gasteiger partial charge < -0.3 is 29.0 Å². The number of carbonyl (C=O) groups excluding carboxylic acids is 2. The first-order valence-corrected chi connectivity index (χ1v) is 17.9. The zero-order valence-corrected chi connectivity index (χ0v) is 29.0. The molecule has 0 unspecified atom stereocenters. The Hall–Kier alpha value is -3.89. The number of carboxylic acid groups (broad SMARTS) is 1. The summed E-state index contributed by atoms with van der Waals surface area (Å²) in [7, 11) is 3.36. The number of anilines is 1.